The molecule has 0 aromatic heterocycles. The molecule has 1 N–H and O–H groups in total. The molecule has 29 heavy (non-hydrogen) atoms. The van der Waals surface area contributed by atoms with Gasteiger partial charge >= 0.3 is 5.97 Å². The maximum absolute atomic E-state index is 14.0. The van der Waals surface area contributed by atoms with E-state index in [2.05, 4.69) is 0 Å². The molecule has 9 heteroatoms. The minimum Gasteiger partial charge on any atom is -0.493 e. The molecule has 2 aromatic rings. The number of ether oxygens (including phenoxy) is 2. The van der Waals surface area contributed by atoms with Gasteiger partial charge in [-0.15, -0.1) is 0 Å². The zero-order valence-corrected chi connectivity index (χ0v) is 16.1. The number of para-hydroxylation sites is 1. The van der Waals surface area contributed by atoms with Gasteiger partial charge in [0.15, 0.2) is 11.5 Å². The van der Waals surface area contributed by atoms with Crippen LogP contribution in [0.15, 0.2) is 47.4 Å². The van der Waals surface area contributed by atoms with Gasteiger partial charge in [0.1, 0.15) is 5.82 Å². The van der Waals surface area contributed by atoms with Crippen LogP contribution in [0, 0.1) is 5.82 Å². The van der Waals surface area contributed by atoms with E-state index < -0.39 is 22.9 Å². The first-order valence-corrected chi connectivity index (χ1v) is 9.27. The lowest BCUT2D eigenvalue weighted by atomic mass is 10.1. The maximum Gasteiger partial charge on any atom is 0.306 e. The van der Waals surface area contributed by atoms with E-state index >= 15 is 0 Å². The van der Waals surface area contributed by atoms with Crippen molar-refractivity contribution < 1.29 is 33.4 Å². The van der Waals surface area contributed by atoms with Gasteiger partial charge in [-0.3, -0.25) is 14.4 Å². The second-order valence-corrected chi connectivity index (χ2v) is 6.86. The van der Waals surface area contributed by atoms with E-state index in [0.717, 1.165) is 4.90 Å². The number of hydrogen-bond acceptors (Lipinski definition) is 6. The summed E-state index contributed by atoms with van der Waals surface area (Å²) in [5.41, 5.74) is 0.463. The van der Waals surface area contributed by atoms with Gasteiger partial charge in [-0.25, -0.2) is 9.29 Å². The largest absolute Gasteiger partial charge is 0.493 e. The van der Waals surface area contributed by atoms with Crippen LogP contribution in [-0.4, -0.2) is 35.9 Å². The average molecular weight is 417 g/mol. The van der Waals surface area contributed by atoms with Crippen LogP contribution in [0.3, 0.4) is 0 Å². The molecule has 2 amide bonds. The molecule has 0 aliphatic carbocycles. The number of amides is 2. The number of methoxy groups -OCH3 is 1. The van der Waals surface area contributed by atoms with E-state index in [-0.39, 0.29) is 23.6 Å². The minimum absolute atomic E-state index is 0.0213. The molecule has 150 valence electrons. The molecule has 2 aromatic carbocycles. The van der Waals surface area contributed by atoms with Crippen LogP contribution in [0.4, 0.5) is 14.9 Å². The summed E-state index contributed by atoms with van der Waals surface area (Å²) in [5, 5.41) is 8.09. The molecule has 0 bridgehead atoms. The number of nitrogens with zero attached hydrogens (tertiary/aromatic N) is 1. The Morgan fingerprint density at radius 2 is 1.97 bits per heavy atom. The average Bonchev–Trinajstić information content (AvgIpc) is 2.96. The molecule has 0 saturated carbocycles. The topological polar surface area (TPSA) is 93.1 Å². The summed E-state index contributed by atoms with van der Waals surface area (Å²) in [6, 6.07) is 10.4. The van der Waals surface area contributed by atoms with Gasteiger partial charge in [-0.2, -0.15) is 0 Å². The van der Waals surface area contributed by atoms with E-state index in [1.807, 2.05) is 0 Å². The Morgan fingerprint density at radius 3 is 2.66 bits per heavy atom. The first-order chi connectivity index (χ1) is 13.9. The van der Waals surface area contributed by atoms with Crippen molar-refractivity contribution in [3.05, 3.63) is 58.8 Å². The fraction of sp³-hybridized carbons (Fsp3) is 0.150. The molecule has 7 nitrogen and oxygen atoms in total. The molecule has 0 unspecified atom stereocenters. The van der Waals surface area contributed by atoms with Gasteiger partial charge in [0.2, 0.25) is 0 Å². The number of halogens is 1. The SMILES string of the molecule is COc1cc(/C=C2/SC(=O)N(c3ccccc3F)C2=O)ccc1OCCC(=O)O. The zero-order chi connectivity index (χ0) is 21.0. The standard InChI is InChI=1S/C20H16FNO6S/c1-27-16-10-12(6-7-15(16)28-9-8-18(23)24)11-17-19(25)22(20(26)29-17)14-5-3-2-4-13(14)21/h2-7,10-11H,8-9H2,1H3,(H,23,24)/b17-11+. The molecular weight excluding hydrogens is 401 g/mol. The lowest BCUT2D eigenvalue weighted by Gasteiger charge is -2.13. The molecule has 1 heterocycles. The lowest BCUT2D eigenvalue weighted by Crippen LogP contribution is -2.28. The Morgan fingerprint density at radius 1 is 1.21 bits per heavy atom. The number of aliphatic carboxylic acids is 1. The van der Waals surface area contributed by atoms with Gasteiger partial charge in [0, 0.05) is 0 Å². The second-order valence-electron chi connectivity index (χ2n) is 5.87. The Labute approximate surface area is 169 Å². The van der Waals surface area contributed by atoms with Gasteiger partial charge in [-0.1, -0.05) is 18.2 Å². The second kappa shape index (κ2) is 8.78. The number of anilines is 1. The number of carboxylic acids is 1. The first-order valence-electron chi connectivity index (χ1n) is 8.46. The highest BCUT2D eigenvalue weighted by molar-refractivity contribution is 8.19. The molecular formula is C20H16FNO6S. The molecule has 0 atom stereocenters. The summed E-state index contributed by atoms with van der Waals surface area (Å²) in [4.78, 5) is 36.4. The Balaban J connectivity index is 1.83. The third-order valence-corrected chi connectivity index (χ3v) is 4.82. The lowest BCUT2D eigenvalue weighted by molar-refractivity contribution is -0.137. The number of carbonyl (C=O) groups excluding carboxylic acids is 2. The Kier molecular flexibility index (Phi) is 6.18. The highest BCUT2D eigenvalue weighted by atomic mass is 32.2. The van der Waals surface area contributed by atoms with Crippen molar-refractivity contribution in [2.75, 3.05) is 18.6 Å². The fourth-order valence-corrected chi connectivity index (χ4v) is 3.44. The molecule has 0 spiro atoms. The van der Waals surface area contributed by atoms with Crippen LogP contribution in [0.2, 0.25) is 0 Å². The van der Waals surface area contributed by atoms with Crippen molar-refractivity contribution in [3.63, 3.8) is 0 Å². The molecule has 1 aliphatic heterocycles. The Hall–Kier alpha value is -3.33. The number of carbonyl (C=O) groups is 3. The molecule has 1 aliphatic rings. The molecule has 1 fully saturated rings. The maximum atomic E-state index is 14.0. The van der Waals surface area contributed by atoms with Gasteiger partial charge < -0.3 is 14.6 Å². The van der Waals surface area contributed by atoms with Crippen molar-refractivity contribution in [1.82, 2.24) is 0 Å². The summed E-state index contributed by atoms with van der Waals surface area (Å²) < 4.78 is 24.6. The van der Waals surface area contributed by atoms with Gasteiger partial charge in [-0.05, 0) is 47.7 Å². The summed E-state index contributed by atoms with van der Waals surface area (Å²) in [6.45, 7) is -0.0213. The van der Waals surface area contributed by atoms with Crippen LogP contribution >= 0.6 is 11.8 Å². The van der Waals surface area contributed by atoms with Crippen LogP contribution in [0.1, 0.15) is 12.0 Å². The minimum atomic E-state index is -0.980. The molecule has 3 rings (SSSR count). The van der Waals surface area contributed by atoms with Crippen molar-refractivity contribution in [2.45, 2.75) is 6.42 Å². The highest BCUT2D eigenvalue weighted by Gasteiger charge is 2.37. The first kappa shape index (κ1) is 20.4. The predicted octanol–water partition coefficient (Wildman–Crippen LogP) is 3.93. The fourth-order valence-electron chi connectivity index (χ4n) is 2.60. The third kappa shape index (κ3) is 4.57. The smallest absolute Gasteiger partial charge is 0.306 e. The van der Waals surface area contributed by atoms with Crippen molar-refractivity contribution in [3.8, 4) is 11.5 Å². The van der Waals surface area contributed by atoms with Crippen molar-refractivity contribution >= 4 is 40.6 Å². The van der Waals surface area contributed by atoms with E-state index in [1.54, 1.807) is 24.3 Å². The van der Waals surface area contributed by atoms with Crippen LogP contribution in [0.5, 0.6) is 11.5 Å². The molecule has 1 saturated heterocycles. The number of rotatable bonds is 7. The monoisotopic (exact) mass is 417 g/mol. The van der Waals surface area contributed by atoms with Gasteiger partial charge in [0.05, 0.1) is 30.7 Å². The number of carboxylic acid groups (broad SMARTS) is 1. The van der Waals surface area contributed by atoms with Crippen LogP contribution in [-0.2, 0) is 9.59 Å². The van der Waals surface area contributed by atoms with Crippen molar-refractivity contribution in [1.29, 1.82) is 0 Å². The number of hydrogen-bond donors (Lipinski definition) is 1. The predicted molar refractivity (Wildman–Crippen MR) is 106 cm³/mol. The Bertz CT molecular complexity index is 1010. The van der Waals surface area contributed by atoms with Crippen LogP contribution < -0.4 is 14.4 Å². The number of benzene rings is 2. The van der Waals surface area contributed by atoms with E-state index in [0.29, 0.717) is 28.8 Å². The normalized spacial score (nSPS) is 15.1. The number of imide groups is 1. The summed E-state index contributed by atoms with van der Waals surface area (Å²) >= 11 is 0.709. The van der Waals surface area contributed by atoms with Gasteiger partial charge in [0.25, 0.3) is 11.1 Å². The highest BCUT2D eigenvalue weighted by Crippen LogP contribution is 2.37. The molecule has 0 radical (unpaired) electrons. The quantitative estimate of drug-likeness (QED) is 0.682. The van der Waals surface area contributed by atoms with Crippen LogP contribution in [0.25, 0.3) is 6.08 Å². The van der Waals surface area contributed by atoms with E-state index in [9.17, 15) is 18.8 Å². The number of thioether (sulfide) groups is 1. The third-order valence-electron chi connectivity index (χ3n) is 3.95. The zero-order valence-electron chi connectivity index (χ0n) is 15.3. The summed E-state index contributed by atoms with van der Waals surface area (Å²) in [5.74, 6) is -1.57. The van der Waals surface area contributed by atoms with E-state index in [1.165, 1.54) is 31.4 Å². The summed E-state index contributed by atoms with van der Waals surface area (Å²) in [6.07, 6.45) is 1.34. The van der Waals surface area contributed by atoms with E-state index in [4.69, 9.17) is 14.6 Å². The summed E-state index contributed by atoms with van der Waals surface area (Å²) in [7, 11) is 1.43. The van der Waals surface area contributed by atoms with Crippen molar-refractivity contribution in [2.24, 2.45) is 0 Å².